The Morgan fingerprint density at radius 3 is 2.44 bits per heavy atom. The zero-order valence-electron chi connectivity index (χ0n) is 17.8. The van der Waals surface area contributed by atoms with Crippen molar-refractivity contribution in [2.24, 2.45) is 5.73 Å². The van der Waals surface area contributed by atoms with Gasteiger partial charge in [0, 0.05) is 5.02 Å². The predicted octanol–water partition coefficient (Wildman–Crippen LogP) is 6.33. The van der Waals surface area contributed by atoms with E-state index in [1.807, 2.05) is 48.5 Å². The molecule has 0 saturated heterocycles. The first-order valence-corrected chi connectivity index (χ1v) is 11.3. The lowest BCUT2D eigenvalue weighted by atomic mass is 9.97. The normalized spacial score (nSPS) is 18.0. The van der Waals surface area contributed by atoms with E-state index in [2.05, 4.69) is 12.2 Å². The molecule has 1 aliphatic rings. The molecule has 166 valence electrons. The van der Waals surface area contributed by atoms with Gasteiger partial charge < -0.3 is 15.2 Å². The zero-order chi connectivity index (χ0) is 22.3. The molecule has 0 spiro atoms. The van der Waals surface area contributed by atoms with Crippen molar-refractivity contribution < 1.29 is 13.9 Å². The third-order valence-electron chi connectivity index (χ3n) is 5.57. The Kier molecular flexibility index (Phi) is 7.59. The second-order valence-electron chi connectivity index (χ2n) is 7.96. The molecule has 0 saturated carbocycles. The summed E-state index contributed by atoms with van der Waals surface area (Å²) in [5.41, 5.74) is 9.74. The monoisotopic (exact) mass is 451 g/mol. The molecule has 4 rings (SSSR count). The quantitative estimate of drug-likeness (QED) is 0.407. The van der Waals surface area contributed by atoms with Gasteiger partial charge in [-0.1, -0.05) is 48.0 Å². The molecule has 3 aromatic carbocycles. The maximum absolute atomic E-state index is 13.8. The van der Waals surface area contributed by atoms with Gasteiger partial charge in [0.15, 0.2) is 0 Å². The highest BCUT2D eigenvalue weighted by Gasteiger charge is 2.18. The molecule has 0 aliphatic heterocycles. The summed E-state index contributed by atoms with van der Waals surface area (Å²) in [6.07, 6.45) is 6.65. The van der Waals surface area contributed by atoms with Crippen molar-refractivity contribution >= 4 is 11.6 Å². The van der Waals surface area contributed by atoms with Crippen LogP contribution in [0.4, 0.5) is 4.39 Å². The van der Waals surface area contributed by atoms with Crippen LogP contribution in [0.25, 0.3) is 11.1 Å². The van der Waals surface area contributed by atoms with Crippen LogP contribution in [0, 0.1) is 5.82 Å². The maximum Gasteiger partial charge on any atom is 0.123 e. The van der Waals surface area contributed by atoms with Crippen LogP contribution in [0.2, 0.25) is 5.02 Å². The summed E-state index contributed by atoms with van der Waals surface area (Å²) in [5, 5.41) is 0.725. The summed E-state index contributed by atoms with van der Waals surface area (Å²) in [5.74, 6) is 0.507. The van der Waals surface area contributed by atoms with Gasteiger partial charge in [-0.15, -0.1) is 0 Å². The Morgan fingerprint density at radius 2 is 1.72 bits per heavy atom. The Bertz CT molecular complexity index is 1070. The van der Waals surface area contributed by atoms with E-state index in [1.165, 1.54) is 6.07 Å². The predicted molar refractivity (Wildman–Crippen MR) is 127 cm³/mol. The first-order valence-electron chi connectivity index (χ1n) is 10.9. The van der Waals surface area contributed by atoms with Gasteiger partial charge >= 0.3 is 0 Å². The van der Waals surface area contributed by atoms with Gasteiger partial charge in [-0.05, 0) is 90.5 Å². The van der Waals surface area contributed by atoms with Crippen LogP contribution in [0.1, 0.15) is 24.0 Å². The lowest BCUT2D eigenvalue weighted by Gasteiger charge is -2.24. The van der Waals surface area contributed by atoms with Gasteiger partial charge in [-0.2, -0.15) is 0 Å². The van der Waals surface area contributed by atoms with E-state index in [0.717, 1.165) is 52.3 Å². The van der Waals surface area contributed by atoms with Crippen LogP contribution in [-0.2, 0) is 17.8 Å². The fourth-order valence-corrected chi connectivity index (χ4v) is 4.02. The minimum Gasteiger partial charge on any atom is -0.486 e. The molecule has 3 nitrogen and oxygen atoms in total. The van der Waals surface area contributed by atoms with Crippen LogP contribution < -0.4 is 10.5 Å². The van der Waals surface area contributed by atoms with Crippen molar-refractivity contribution in [1.29, 1.82) is 0 Å². The third-order valence-corrected chi connectivity index (χ3v) is 5.82. The topological polar surface area (TPSA) is 44.5 Å². The molecule has 0 radical (unpaired) electrons. The highest BCUT2D eigenvalue weighted by atomic mass is 35.5. The number of ether oxygens (including phenoxy) is 2. The third kappa shape index (κ3) is 5.98. The Labute approximate surface area is 193 Å². The Hall–Kier alpha value is -2.66. The van der Waals surface area contributed by atoms with E-state index in [9.17, 15) is 4.39 Å². The molecule has 0 amide bonds. The molecule has 5 heteroatoms. The standard InChI is InChI=1S/C27H27ClFNO2/c28-22-7-4-19(5-8-22)18-31-24-10-12-25(13-11-24)32-26-9-6-20(14-15-30)27(17-26)21-2-1-3-23(29)16-21/h1-10,12,16-17,24-25H,11,13-15,18,30H2. The average Bonchev–Trinajstić information content (AvgIpc) is 2.81. The molecule has 0 bridgehead atoms. The highest BCUT2D eigenvalue weighted by Crippen LogP contribution is 2.30. The molecule has 1 aliphatic carbocycles. The van der Waals surface area contributed by atoms with Crippen LogP contribution >= 0.6 is 11.6 Å². The van der Waals surface area contributed by atoms with Crippen molar-refractivity contribution in [2.45, 2.75) is 38.1 Å². The SMILES string of the molecule is NCCc1ccc(OC2C=CC(OCc3ccc(Cl)cc3)CC2)cc1-c1cccc(F)c1. The van der Waals surface area contributed by atoms with E-state index in [-0.39, 0.29) is 18.0 Å². The minimum atomic E-state index is -0.257. The Balaban J connectivity index is 1.40. The van der Waals surface area contributed by atoms with Crippen LogP contribution in [0.3, 0.4) is 0 Å². The molecule has 3 aromatic rings. The fraction of sp³-hybridized carbons (Fsp3) is 0.259. The lowest BCUT2D eigenvalue weighted by molar-refractivity contribution is 0.0522. The van der Waals surface area contributed by atoms with Gasteiger partial charge in [-0.3, -0.25) is 0 Å². The summed E-state index contributed by atoms with van der Waals surface area (Å²) in [6.45, 7) is 1.09. The molecule has 0 aromatic heterocycles. The maximum atomic E-state index is 13.8. The van der Waals surface area contributed by atoms with Crippen molar-refractivity contribution in [1.82, 2.24) is 0 Å². The van der Waals surface area contributed by atoms with Crippen molar-refractivity contribution in [3.63, 3.8) is 0 Å². The van der Waals surface area contributed by atoms with E-state index >= 15 is 0 Å². The molecule has 0 heterocycles. The second kappa shape index (κ2) is 10.8. The number of hydrogen-bond acceptors (Lipinski definition) is 3. The number of benzene rings is 3. The van der Waals surface area contributed by atoms with Crippen LogP contribution in [-0.4, -0.2) is 18.8 Å². The van der Waals surface area contributed by atoms with E-state index in [1.54, 1.807) is 12.1 Å². The summed E-state index contributed by atoms with van der Waals surface area (Å²) in [6, 6.07) is 20.3. The first-order chi connectivity index (χ1) is 15.6. The van der Waals surface area contributed by atoms with Crippen LogP contribution in [0.5, 0.6) is 5.75 Å². The molecule has 2 unspecified atom stereocenters. The zero-order valence-corrected chi connectivity index (χ0v) is 18.6. The van der Waals surface area contributed by atoms with Crippen molar-refractivity contribution in [3.8, 4) is 16.9 Å². The summed E-state index contributed by atoms with van der Waals surface area (Å²) in [7, 11) is 0. The minimum absolute atomic E-state index is 0.0221. The molecule has 32 heavy (non-hydrogen) atoms. The number of rotatable bonds is 8. The van der Waals surface area contributed by atoms with Crippen LogP contribution in [0.15, 0.2) is 78.9 Å². The van der Waals surface area contributed by atoms with E-state index < -0.39 is 0 Å². The number of halogens is 2. The Morgan fingerprint density at radius 1 is 0.938 bits per heavy atom. The van der Waals surface area contributed by atoms with Crippen molar-refractivity contribution in [3.05, 3.63) is 101 Å². The van der Waals surface area contributed by atoms with Gasteiger partial charge in [0.2, 0.25) is 0 Å². The number of hydrogen-bond donors (Lipinski definition) is 1. The molecule has 0 fully saturated rings. The molecule has 2 atom stereocenters. The summed E-state index contributed by atoms with van der Waals surface area (Å²) < 4.78 is 26.0. The summed E-state index contributed by atoms with van der Waals surface area (Å²) >= 11 is 5.93. The van der Waals surface area contributed by atoms with E-state index in [0.29, 0.717) is 13.2 Å². The van der Waals surface area contributed by atoms with Gasteiger partial charge in [0.05, 0.1) is 12.7 Å². The first kappa shape index (κ1) is 22.5. The number of nitrogens with two attached hydrogens (primary N) is 1. The molecular weight excluding hydrogens is 425 g/mol. The second-order valence-corrected chi connectivity index (χ2v) is 8.40. The lowest BCUT2D eigenvalue weighted by Crippen LogP contribution is -2.23. The van der Waals surface area contributed by atoms with Gasteiger partial charge in [-0.25, -0.2) is 4.39 Å². The highest BCUT2D eigenvalue weighted by molar-refractivity contribution is 6.30. The largest absolute Gasteiger partial charge is 0.486 e. The smallest absolute Gasteiger partial charge is 0.123 e. The van der Waals surface area contributed by atoms with Crippen molar-refractivity contribution in [2.75, 3.05) is 6.54 Å². The summed E-state index contributed by atoms with van der Waals surface area (Å²) in [4.78, 5) is 0. The van der Waals surface area contributed by atoms with E-state index in [4.69, 9.17) is 26.8 Å². The average molecular weight is 452 g/mol. The molecular formula is C27H27ClFNO2. The fourth-order valence-electron chi connectivity index (χ4n) is 3.89. The van der Waals surface area contributed by atoms with Gasteiger partial charge in [0.25, 0.3) is 0 Å². The molecule has 2 N–H and O–H groups in total. The van der Waals surface area contributed by atoms with Gasteiger partial charge in [0.1, 0.15) is 17.7 Å².